The average molecular weight is 370 g/mol. The first-order chi connectivity index (χ1) is 12.6. The van der Waals surface area contributed by atoms with Gasteiger partial charge in [0.1, 0.15) is 6.61 Å². The third kappa shape index (κ3) is 3.92. The zero-order valence-electron chi connectivity index (χ0n) is 14.5. The van der Waals surface area contributed by atoms with Gasteiger partial charge in [-0.05, 0) is 24.1 Å². The number of para-hydroxylation sites is 1. The Morgan fingerprint density at radius 2 is 1.88 bits per heavy atom. The van der Waals surface area contributed by atoms with Crippen molar-refractivity contribution in [2.75, 3.05) is 7.11 Å². The summed E-state index contributed by atoms with van der Waals surface area (Å²) in [6.07, 6.45) is 0. The van der Waals surface area contributed by atoms with Crippen LogP contribution in [-0.4, -0.2) is 26.8 Å². The summed E-state index contributed by atoms with van der Waals surface area (Å²) in [7, 11) is 1.63. The number of rotatable bonds is 7. The molecule has 3 aromatic rings. The van der Waals surface area contributed by atoms with Crippen LogP contribution in [0.4, 0.5) is 5.69 Å². The van der Waals surface area contributed by atoms with Gasteiger partial charge in [0.15, 0.2) is 11.0 Å². The van der Waals surface area contributed by atoms with E-state index in [9.17, 15) is 10.1 Å². The quantitative estimate of drug-likeness (QED) is 0.356. The monoisotopic (exact) mass is 370 g/mol. The highest BCUT2D eigenvalue weighted by Gasteiger charge is 2.16. The molecule has 0 radical (unpaired) electrons. The molecule has 0 aliphatic heterocycles. The van der Waals surface area contributed by atoms with Gasteiger partial charge in [0.05, 0.1) is 10.6 Å². The molecule has 0 fully saturated rings. The van der Waals surface area contributed by atoms with Crippen molar-refractivity contribution in [2.24, 2.45) is 0 Å². The van der Waals surface area contributed by atoms with E-state index in [1.54, 1.807) is 19.2 Å². The molecule has 0 spiro atoms. The third-order valence-corrected chi connectivity index (χ3v) is 4.85. The minimum absolute atomic E-state index is 0.0872. The molecular weight excluding hydrogens is 352 g/mol. The molecule has 0 amide bonds. The fourth-order valence-corrected chi connectivity index (χ4v) is 3.45. The molecule has 0 aliphatic carbocycles. The van der Waals surface area contributed by atoms with E-state index < -0.39 is 4.92 Å². The highest BCUT2D eigenvalue weighted by molar-refractivity contribution is 7.98. The van der Waals surface area contributed by atoms with Gasteiger partial charge in [0, 0.05) is 25.0 Å². The van der Waals surface area contributed by atoms with Gasteiger partial charge in [-0.15, -0.1) is 10.2 Å². The topological polar surface area (TPSA) is 83.1 Å². The van der Waals surface area contributed by atoms with E-state index in [1.807, 2.05) is 35.8 Å². The highest BCUT2D eigenvalue weighted by Crippen LogP contribution is 2.27. The lowest BCUT2D eigenvalue weighted by Crippen LogP contribution is -2.05. The Bertz CT molecular complexity index is 909. The first kappa shape index (κ1) is 18.1. The van der Waals surface area contributed by atoms with Gasteiger partial charge in [-0.2, -0.15) is 0 Å². The van der Waals surface area contributed by atoms with E-state index in [4.69, 9.17) is 4.74 Å². The summed E-state index contributed by atoms with van der Waals surface area (Å²) in [5.41, 5.74) is 3.19. The number of hydrogen-bond donors (Lipinski definition) is 0. The molecule has 0 atom stereocenters. The van der Waals surface area contributed by atoms with E-state index in [-0.39, 0.29) is 5.69 Å². The summed E-state index contributed by atoms with van der Waals surface area (Å²) in [6, 6.07) is 14.6. The van der Waals surface area contributed by atoms with Gasteiger partial charge in [-0.1, -0.05) is 42.1 Å². The van der Waals surface area contributed by atoms with Crippen molar-refractivity contribution >= 4 is 17.4 Å². The van der Waals surface area contributed by atoms with Crippen molar-refractivity contribution in [3.05, 3.63) is 75.6 Å². The van der Waals surface area contributed by atoms with E-state index in [0.717, 1.165) is 27.8 Å². The summed E-state index contributed by atoms with van der Waals surface area (Å²) in [4.78, 5) is 10.4. The molecule has 134 valence electrons. The second-order valence-electron chi connectivity index (χ2n) is 5.67. The SMILES string of the molecule is COCc1nnc(SCc2ccc([N+](=O)[O-])cc2)n1-c1ccccc1C. The van der Waals surface area contributed by atoms with Crippen LogP contribution in [0.5, 0.6) is 0 Å². The van der Waals surface area contributed by atoms with Gasteiger partial charge >= 0.3 is 0 Å². The number of nitro groups is 1. The second kappa shape index (κ2) is 8.11. The van der Waals surface area contributed by atoms with Crippen LogP contribution in [0.1, 0.15) is 17.0 Å². The normalized spacial score (nSPS) is 10.8. The smallest absolute Gasteiger partial charge is 0.269 e. The third-order valence-electron chi connectivity index (χ3n) is 3.85. The molecule has 0 saturated carbocycles. The maximum Gasteiger partial charge on any atom is 0.269 e. The summed E-state index contributed by atoms with van der Waals surface area (Å²) in [5, 5.41) is 20.1. The summed E-state index contributed by atoms with van der Waals surface area (Å²) in [5.74, 6) is 1.36. The molecular formula is C18H18N4O3S. The molecule has 2 aromatic carbocycles. The maximum absolute atomic E-state index is 10.8. The second-order valence-corrected chi connectivity index (χ2v) is 6.61. The standard InChI is InChI=1S/C18H18N4O3S/c1-13-5-3-4-6-16(13)21-17(11-25-2)19-20-18(21)26-12-14-7-9-15(10-8-14)22(23)24/h3-10H,11-12H2,1-2H3. The van der Waals surface area contributed by atoms with Crippen LogP contribution in [-0.2, 0) is 17.1 Å². The van der Waals surface area contributed by atoms with Crippen LogP contribution < -0.4 is 0 Å². The lowest BCUT2D eigenvalue weighted by atomic mass is 10.2. The van der Waals surface area contributed by atoms with Crippen molar-refractivity contribution < 1.29 is 9.66 Å². The molecule has 0 saturated heterocycles. The molecule has 0 unspecified atom stereocenters. The van der Waals surface area contributed by atoms with Crippen molar-refractivity contribution in [3.8, 4) is 5.69 Å². The number of benzene rings is 2. The Morgan fingerprint density at radius 1 is 1.15 bits per heavy atom. The Kier molecular flexibility index (Phi) is 5.65. The predicted octanol–water partition coefficient (Wildman–Crippen LogP) is 3.92. The average Bonchev–Trinajstić information content (AvgIpc) is 3.03. The number of nitro benzene ring substituents is 1. The molecule has 26 heavy (non-hydrogen) atoms. The maximum atomic E-state index is 10.8. The van der Waals surface area contributed by atoms with Gasteiger partial charge in [-0.3, -0.25) is 14.7 Å². The number of non-ortho nitro benzene ring substituents is 1. The Morgan fingerprint density at radius 3 is 2.54 bits per heavy atom. The predicted molar refractivity (Wildman–Crippen MR) is 99.5 cm³/mol. The van der Waals surface area contributed by atoms with Crippen LogP contribution in [0.2, 0.25) is 0 Å². The fraction of sp³-hybridized carbons (Fsp3) is 0.222. The van der Waals surface area contributed by atoms with Crippen molar-refractivity contribution in [2.45, 2.75) is 24.4 Å². The highest BCUT2D eigenvalue weighted by atomic mass is 32.2. The van der Waals surface area contributed by atoms with Gasteiger partial charge in [-0.25, -0.2) is 0 Å². The molecule has 7 nitrogen and oxygen atoms in total. The molecule has 0 N–H and O–H groups in total. The first-order valence-electron chi connectivity index (χ1n) is 7.95. The number of ether oxygens (including phenoxy) is 1. The van der Waals surface area contributed by atoms with E-state index in [1.165, 1.54) is 23.9 Å². The van der Waals surface area contributed by atoms with E-state index in [0.29, 0.717) is 12.4 Å². The zero-order valence-corrected chi connectivity index (χ0v) is 15.3. The number of thioether (sulfide) groups is 1. The number of hydrogen-bond acceptors (Lipinski definition) is 6. The number of methoxy groups -OCH3 is 1. The van der Waals surface area contributed by atoms with Gasteiger partial charge in [0.2, 0.25) is 0 Å². The number of aryl methyl sites for hydroxylation is 1. The lowest BCUT2D eigenvalue weighted by molar-refractivity contribution is -0.384. The van der Waals surface area contributed by atoms with Crippen LogP contribution in [0.3, 0.4) is 0 Å². The van der Waals surface area contributed by atoms with Crippen LogP contribution in [0, 0.1) is 17.0 Å². The van der Waals surface area contributed by atoms with Crippen LogP contribution in [0.15, 0.2) is 53.7 Å². The fourth-order valence-electron chi connectivity index (χ4n) is 2.53. The number of aromatic nitrogens is 3. The molecule has 1 heterocycles. The minimum atomic E-state index is -0.400. The van der Waals surface area contributed by atoms with Crippen molar-refractivity contribution in [3.63, 3.8) is 0 Å². The van der Waals surface area contributed by atoms with Crippen LogP contribution >= 0.6 is 11.8 Å². The van der Waals surface area contributed by atoms with Crippen molar-refractivity contribution in [1.29, 1.82) is 0 Å². The lowest BCUT2D eigenvalue weighted by Gasteiger charge is -2.12. The van der Waals surface area contributed by atoms with Crippen LogP contribution in [0.25, 0.3) is 5.69 Å². The Hall–Kier alpha value is -2.71. The molecule has 3 rings (SSSR count). The summed E-state index contributed by atoms with van der Waals surface area (Å²) >= 11 is 1.53. The molecule has 1 aromatic heterocycles. The Balaban J connectivity index is 1.86. The number of nitrogens with zero attached hydrogens (tertiary/aromatic N) is 4. The zero-order chi connectivity index (χ0) is 18.5. The molecule has 0 bridgehead atoms. The summed E-state index contributed by atoms with van der Waals surface area (Å²) in [6.45, 7) is 2.40. The Labute approximate surface area is 155 Å². The van der Waals surface area contributed by atoms with E-state index >= 15 is 0 Å². The van der Waals surface area contributed by atoms with E-state index in [2.05, 4.69) is 10.2 Å². The first-order valence-corrected chi connectivity index (χ1v) is 8.94. The summed E-state index contributed by atoms with van der Waals surface area (Å²) < 4.78 is 7.24. The minimum Gasteiger partial charge on any atom is -0.377 e. The van der Waals surface area contributed by atoms with Gasteiger partial charge in [0.25, 0.3) is 5.69 Å². The van der Waals surface area contributed by atoms with Gasteiger partial charge < -0.3 is 4.74 Å². The molecule has 8 heteroatoms. The largest absolute Gasteiger partial charge is 0.377 e. The van der Waals surface area contributed by atoms with Crippen molar-refractivity contribution in [1.82, 2.24) is 14.8 Å². The molecule has 0 aliphatic rings.